The van der Waals surface area contributed by atoms with Crippen molar-refractivity contribution in [2.75, 3.05) is 6.79 Å². The van der Waals surface area contributed by atoms with Crippen molar-refractivity contribution in [1.29, 1.82) is 0 Å². The van der Waals surface area contributed by atoms with Gasteiger partial charge in [0.05, 0.1) is 0 Å². The topological polar surface area (TPSA) is 18.5 Å². The third-order valence-corrected chi connectivity index (χ3v) is 3.76. The largest absolute Gasteiger partial charge is 0.454 e. The number of aryl methyl sites for hydroxylation is 2. The molecule has 1 aliphatic rings. The standard InChI is InChI=1S/C18H20O2/c1-13(2)16-5-3-4-14(10-16)6-7-15-8-9-17-18(11-15)20-12-19-17/h3-5,8-11,13H,6-7,12H2,1-2H3. The van der Waals surface area contributed by atoms with Crippen LogP contribution in [0.3, 0.4) is 0 Å². The molecule has 0 aliphatic carbocycles. The first-order valence-electron chi connectivity index (χ1n) is 7.20. The van der Waals surface area contributed by atoms with Gasteiger partial charge in [-0.25, -0.2) is 0 Å². The van der Waals surface area contributed by atoms with Gasteiger partial charge in [0.2, 0.25) is 6.79 Å². The fraction of sp³-hybridized carbons (Fsp3) is 0.333. The van der Waals surface area contributed by atoms with Gasteiger partial charge in [0.1, 0.15) is 0 Å². The number of fused-ring (bicyclic) bond motifs is 1. The first-order chi connectivity index (χ1) is 9.72. The van der Waals surface area contributed by atoms with E-state index >= 15 is 0 Å². The highest BCUT2D eigenvalue weighted by Gasteiger charge is 2.13. The van der Waals surface area contributed by atoms with Crippen molar-refractivity contribution < 1.29 is 9.47 Å². The van der Waals surface area contributed by atoms with E-state index in [4.69, 9.17) is 9.47 Å². The molecule has 1 aliphatic heterocycles. The van der Waals surface area contributed by atoms with Crippen molar-refractivity contribution in [1.82, 2.24) is 0 Å². The maximum Gasteiger partial charge on any atom is 0.231 e. The van der Waals surface area contributed by atoms with Gasteiger partial charge in [-0.05, 0) is 47.6 Å². The zero-order valence-electron chi connectivity index (χ0n) is 12.1. The Morgan fingerprint density at radius 2 is 1.65 bits per heavy atom. The zero-order chi connectivity index (χ0) is 13.9. The van der Waals surface area contributed by atoms with Crippen LogP contribution >= 0.6 is 0 Å². The van der Waals surface area contributed by atoms with Gasteiger partial charge < -0.3 is 9.47 Å². The SMILES string of the molecule is CC(C)c1cccc(CCc2ccc3c(c2)OCO3)c1. The summed E-state index contributed by atoms with van der Waals surface area (Å²) in [7, 11) is 0. The second-order valence-corrected chi connectivity index (χ2v) is 5.59. The summed E-state index contributed by atoms with van der Waals surface area (Å²) in [5.41, 5.74) is 4.10. The molecule has 0 saturated heterocycles. The highest BCUT2D eigenvalue weighted by atomic mass is 16.7. The van der Waals surface area contributed by atoms with Gasteiger partial charge in [-0.2, -0.15) is 0 Å². The normalized spacial score (nSPS) is 12.9. The molecule has 0 aromatic heterocycles. The summed E-state index contributed by atoms with van der Waals surface area (Å²) >= 11 is 0. The Morgan fingerprint density at radius 1 is 0.900 bits per heavy atom. The second-order valence-electron chi connectivity index (χ2n) is 5.59. The Labute approximate surface area is 120 Å². The van der Waals surface area contributed by atoms with E-state index in [0.29, 0.717) is 12.7 Å². The average molecular weight is 268 g/mol. The van der Waals surface area contributed by atoms with Crippen LogP contribution in [-0.2, 0) is 12.8 Å². The molecular formula is C18H20O2. The molecule has 2 aromatic carbocycles. The van der Waals surface area contributed by atoms with Crippen LogP contribution in [0, 0.1) is 0 Å². The molecule has 0 amide bonds. The minimum absolute atomic E-state index is 0.342. The first-order valence-corrected chi connectivity index (χ1v) is 7.20. The molecule has 3 rings (SSSR count). The molecule has 0 spiro atoms. The van der Waals surface area contributed by atoms with E-state index in [1.165, 1.54) is 16.7 Å². The van der Waals surface area contributed by atoms with E-state index in [0.717, 1.165) is 24.3 Å². The number of ether oxygens (including phenoxy) is 2. The number of benzene rings is 2. The van der Waals surface area contributed by atoms with Gasteiger partial charge >= 0.3 is 0 Å². The summed E-state index contributed by atoms with van der Waals surface area (Å²) in [4.78, 5) is 0. The van der Waals surface area contributed by atoms with E-state index in [1.54, 1.807) is 0 Å². The predicted molar refractivity (Wildman–Crippen MR) is 80.5 cm³/mol. The lowest BCUT2D eigenvalue weighted by molar-refractivity contribution is 0.174. The zero-order valence-corrected chi connectivity index (χ0v) is 12.1. The first kappa shape index (κ1) is 13.0. The van der Waals surface area contributed by atoms with Crippen molar-refractivity contribution >= 4 is 0 Å². The lowest BCUT2D eigenvalue weighted by Gasteiger charge is -2.08. The molecule has 1 heterocycles. The summed E-state index contributed by atoms with van der Waals surface area (Å²) in [5, 5.41) is 0. The van der Waals surface area contributed by atoms with Crippen molar-refractivity contribution in [2.45, 2.75) is 32.6 Å². The van der Waals surface area contributed by atoms with Gasteiger partial charge in [-0.3, -0.25) is 0 Å². The summed E-state index contributed by atoms with van der Waals surface area (Å²) in [6.45, 7) is 4.81. The summed E-state index contributed by atoms with van der Waals surface area (Å²) in [6.07, 6.45) is 2.08. The minimum atomic E-state index is 0.342. The van der Waals surface area contributed by atoms with E-state index in [2.05, 4.69) is 50.2 Å². The minimum Gasteiger partial charge on any atom is -0.454 e. The molecule has 0 unspecified atom stereocenters. The smallest absolute Gasteiger partial charge is 0.231 e. The Balaban J connectivity index is 1.69. The quantitative estimate of drug-likeness (QED) is 0.822. The molecule has 0 radical (unpaired) electrons. The van der Waals surface area contributed by atoms with E-state index in [9.17, 15) is 0 Å². The van der Waals surface area contributed by atoms with Gasteiger partial charge in [0, 0.05) is 0 Å². The molecule has 0 saturated carbocycles. The Hall–Kier alpha value is -1.96. The molecule has 20 heavy (non-hydrogen) atoms. The van der Waals surface area contributed by atoms with E-state index in [1.807, 2.05) is 6.07 Å². The maximum atomic E-state index is 5.42. The second kappa shape index (κ2) is 5.58. The number of hydrogen-bond donors (Lipinski definition) is 0. The van der Waals surface area contributed by atoms with Gasteiger partial charge in [0.25, 0.3) is 0 Å². The summed E-state index contributed by atoms with van der Waals surface area (Å²) in [5.74, 6) is 2.31. The van der Waals surface area contributed by atoms with Crippen molar-refractivity contribution in [3.8, 4) is 11.5 Å². The summed E-state index contributed by atoms with van der Waals surface area (Å²) in [6, 6.07) is 15.1. The Morgan fingerprint density at radius 3 is 2.45 bits per heavy atom. The fourth-order valence-electron chi connectivity index (χ4n) is 2.49. The van der Waals surface area contributed by atoms with Crippen LogP contribution in [0.15, 0.2) is 42.5 Å². The van der Waals surface area contributed by atoms with E-state index < -0.39 is 0 Å². The molecule has 104 valence electrons. The molecule has 2 heteroatoms. The molecule has 0 N–H and O–H groups in total. The monoisotopic (exact) mass is 268 g/mol. The van der Waals surface area contributed by atoms with Crippen LogP contribution in [0.4, 0.5) is 0 Å². The molecule has 2 aromatic rings. The molecule has 0 atom stereocenters. The lowest BCUT2D eigenvalue weighted by atomic mass is 9.97. The molecule has 0 fully saturated rings. The van der Waals surface area contributed by atoms with Crippen LogP contribution < -0.4 is 9.47 Å². The number of hydrogen-bond acceptors (Lipinski definition) is 2. The number of rotatable bonds is 4. The van der Waals surface area contributed by atoms with Crippen molar-refractivity contribution in [2.24, 2.45) is 0 Å². The molecule has 0 bridgehead atoms. The van der Waals surface area contributed by atoms with Crippen LogP contribution in [0.25, 0.3) is 0 Å². The van der Waals surface area contributed by atoms with Gasteiger partial charge in [-0.1, -0.05) is 44.2 Å². The lowest BCUT2D eigenvalue weighted by Crippen LogP contribution is -1.94. The maximum absolute atomic E-state index is 5.42. The van der Waals surface area contributed by atoms with Gasteiger partial charge in [0.15, 0.2) is 11.5 Å². The van der Waals surface area contributed by atoms with Crippen LogP contribution in [-0.4, -0.2) is 6.79 Å². The average Bonchev–Trinajstić information content (AvgIpc) is 2.93. The Kier molecular flexibility index (Phi) is 3.64. The van der Waals surface area contributed by atoms with Crippen LogP contribution in [0.1, 0.15) is 36.5 Å². The highest BCUT2D eigenvalue weighted by Crippen LogP contribution is 2.32. The molecule has 2 nitrogen and oxygen atoms in total. The van der Waals surface area contributed by atoms with Crippen molar-refractivity contribution in [3.05, 3.63) is 59.2 Å². The van der Waals surface area contributed by atoms with Gasteiger partial charge in [-0.15, -0.1) is 0 Å². The Bertz CT molecular complexity index is 602. The van der Waals surface area contributed by atoms with E-state index in [-0.39, 0.29) is 0 Å². The third-order valence-electron chi connectivity index (χ3n) is 3.76. The highest BCUT2D eigenvalue weighted by molar-refractivity contribution is 5.44. The predicted octanol–water partition coefficient (Wildman–Crippen LogP) is 4.32. The van der Waals surface area contributed by atoms with Crippen molar-refractivity contribution in [3.63, 3.8) is 0 Å². The van der Waals surface area contributed by atoms with Crippen LogP contribution in [0.2, 0.25) is 0 Å². The summed E-state index contributed by atoms with van der Waals surface area (Å²) < 4.78 is 10.8. The van der Waals surface area contributed by atoms with Crippen LogP contribution in [0.5, 0.6) is 11.5 Å². The molecular weight excluding hydrogens is 248 g/mol. The fourth-order valence-corrected chi connectivity index (χ4v) is 2.49. The third kappa shape index (κ3) is 2.79.